The van der Waals surface area contributed by atoms with Gasteiger partial charge in [0.2, 0.25) is 0 Å². The van der Waals surface area contributed by atoms with Crippen molar-refractivity contribution in [2.75, 3.05) is 5.32 Å². The molecule has 1 N–H and O–H groups in total. The second kappa shape index (κ2) is 9.21. The SMILES string of the molecule is Clc1cc(NCc2cc(Br)ccc2OCc2cccc3ccccc23)ccc1Br. The van der Waals surface area contributed by atoms with E-state index in [-0.39, 0.29) is 0 Å². The highest BCUT2D eigenvalue weighted by atomic mass is 79.9. The van der Waals surface area contributed by atoms with E-state index in [0.29, 0.717) is 18.2 Å². The monoisotopic (exact) mass is 529 g/mol. The predicted octanol–water partition coefficient (Wildman–Crippen LogP) is 8.21. The zero-order chi connectivity index (χ0) is 20.2. The Morgan fingerprint density at radius 2 is 1.66 bits per heavy atom. The zero-order valence-corrected chi connectivity index (χ0v) is 19.4. The van der Waals surface area contributed by atoms with Gasteiger partial charge in [-0.2, -0.15) is 0 Å². The molecule has 146 valence electrons. The van der Waals surface area contributed by atoms with E-state index in [2.05, 4.69) is 85.7 Å². The molecule has 0 saturated heterocycles. The average Bonchev–Trinajstić information content (AvgIpc) is 2.74. The fraction of sp³-hybridized carbons (Fsp3) is 0.0833. The average molecular weight is 532 g/mol. The fourth-order valence-electron chi connectivity index (χ4n) is 3.20. The number of nitrogens with one attached hydrogen (secondary N) is 1. The summed E-state index contributed by atoms with van der Waals surface area (Å²) in [5, 5.41) is 6.54. The molecule has 2 nitrogen and oxygen atoms in total. The Bertz CT molecular complexity index is 1160. The van der Waals surface area contributed by atoms with Crippen molar-refractivity contribution in [2.24, 2.45) is 0 Å². The molecule has 0 aliphatic heterocycles. The van der Waals surface area contributed by atoms with Crippen LogP contribution in [0.3, 0.4) is 0 Å². The Kier molecular flexibility index (Phi) is 6.43. The molecule has 0 saturated carbocycles. The van der Waals surface area contributed by atoms with Gasteiger partial charge in [-0.05, 0) is 68.7 Å². The number of ether oxygens (including phenoxy) is 1. The Morgan fingerprint density at radius 3 is 2.52 bits per heavy atom. The van der Waals surface area contributed by atoms with Crippen LogP contribution in [-0.4, -0.2) is 0 Å². The highest BCUT2D eigenvalue weighted by Gasteiger charge is 2.08. The molecule has 0 atom stereocenters. The van der Waals surface area contributed by atoms with Crippen molar-refractivity contribution in [3.8, 4) is 5.75 Å². The van der Waals surface area contributed by atoms with Crippen LogP contribution in [0.1, 0.15) is 11.1 Å². The summed E-state index contributed by atoms with van der Waals surface area (Å²) in [6, 6.07) is 26.6. The molecule has 29 heavy (non-hydrogen) atoms. The molecule has 0 radical (unpaired) electrons. The third kappa shape index (κ3) is 4.95. The van der Waals surface area contributed by atoms with Crippen LogP contribution in [0.4, 0.5) is 5.69 Å². The number of benzene rings is 4. The number of fused-ring (bicyclic) bond motifs is 1. The summed E-state index contributed by atoms with van der Waals surface area (Å²) in [5.74, 6) is 0.858. The Balaban J connectivity index is 1.52. The van der Waals surface area contributed by atoms with Crippen LogP contribution in [0.2, 0.25) is 5.02 Å². The van der Waals surface area contributed by atoms with Crippen LogP contribution < -0.4 is 10.1 Å². The molecule has 4 rings (SSSR count). The van der Waals surface area contributed by atoms with Gasteiger partial charge in [0.1, 0.15) is 12.4 Å². The maximum atomic E-state index is 6.22. The number of anilines is 1. The number of hydrogen-bond donors (Lipinski definition) is 1. The van der Waals surface area contributed by atoms with Crippen molar-refractivity contribution < 1.29 is 4.74 Å². The van der Waals surface area contributed by atoms with Gasteiger partial charge in [0.05, 0.1) is 5.02 Å². The molecule has 0 spiro atoms. The minimum atomic E-state index is 0.514. The molecule has 5 heteroatoms. The van der Waals surface area contributed by atoms with Crippen molar-refractivity contribution >= 4 is 59.9 Å². The molecular weight excluding hydrogens is 514 g/mol. The molecule has 0 aliphatic carbocycles. The van der Waals surface area contributed by atoms with E-state index < -0.39 is 0 Å². The highest BCUT2D eigenvalue weighted by molar-refractivity contribution is 9.10. The zero-order valence-electron chi connectivity index (χ0n) is 15.5. The molecular formula is C24H18Br2ClNO. The van der Waals surface area contributed by atoms with Crippen molar-refractivity contribution in [3.63, 3.8) is 0 Å². The molecule has 0 bridgehead atoms. The topological polar surface area (TPSA) is 21.3 Å². The lowest BCUT2D eigenvalue weighted by Crippen LogP contribution is -2.04. The third-order valence-corrected chi connectivity index (χ3v) is 6.41. The minimum Gasteiger partial charge on any atom is -0.489 e. The number of halogens is 3. The first-order valence-corrected chi connectivity index (χ1v) is 11.1. The van der Waals surface area contributed by atoms with Crippen molar-refractivity contribution in [1.29, 1.82) is 0 Å². The van der Waals surface area contributed by atoms with Gasteiger partial charge in [0.15, 0.2) is 0 Å². The standard InChI is InChI=1S/C24H18Br2ClNO/c25-19-8-11-24(18(12-19)14-28-20-9-10-22(26)23(27)13-20)29-15-17-6-3-5-16-4-1-2-7-21(16)17/h1-13,28H,14-15H2. The summed E-state index contributed by atoms with van der Waals surface area (Å²) in [7, 11) is 0. The molecule has 0 aromatic heterocycles. The van der Waals surface area contributed by atoms with Gasteiger partial charge in [0.25, 0.3) is 0 Å². The summed E-state index contributed by atoms with van der Waals surface area (Å²) in [5.41, 5.74) is 3.20. The van der Waals surface area contributed by atoms with Crippen LogP contribution in [0.15, 0.2) is 87.8 Å². The minimum absolute atomic E-state index is 0.514. The summed E-state index contributed by atoms with van der Waals surface area (Å²) >= 11 is 13.2. The van der Waals surface area contributed by atoms with Crippen molar-refractivity contribution in [1.82, 2.24) is 0 Å². The summed E-state index contributed by atoms with van der Waals surface area (Å²) < 4.78 is 8.12. The Morgan fingerprint density at radius 1 is 0.828 bits per heavy atom. The van der Waals surface area contributed by atoms with Crippen LogP contribution in [0.25, 0.3) is 10.8 Å². The molecule has 0 aliphatic rings. The van der Waals surface area contributed by atoms with Crippen LogP contribution in [0.5, 0.6) is 5.75 Å². The van der Waals surface area contributed by atoms with Gasteiger partial charge < -0.3 is 10.1 Å². The predicted molar refractivity (Wildman–Crippen MR) is 129 cm³/mol. The maximum Gasteiger partial charge on any atom is 0.124 e. The van der Waals surface area contributed by atoms with Crippen LogP contribution in [0, 0.1) is 0 Å². The van der Waals surface area contributed by atoms with Gasteiger partial charge in [-0.3, -0.25) is 0 Å². The number of rotatable bonds is 6. The second-order valence-corrected chi connectivity index (χ2v) is 8.84. The molecule has 0 amide bonds. The van der Waals surface area contributed by atoms with Crippen molar-refractivity contribution in [3.05, 3.63) is 104 Å². The van der Waals surface area contributed by atoms with E-state index in [4.69, 9.17) is 16.3 Å². The Labute approximate surface area is 192 Å². The van der Waals surface area contributed by atoms with Crippen molar-refractivity contribution in [2.45, 2.75) is 13.2 Å². The fourth-order valence-corrected chi connectivity index (χ4v) is 4.04. The van der Waals surface area contributed by atoms with Gasteiger partial charge >= 0.3 is 0 Å². The first kappa shape index (κ1) is 20.3. The molecule has 4 aromatic carbocycles. The quantitative estimate of drug-likeness (QED) is 0.271. The molecule has 0 fully saturated rings. The van der Waals surface area contributed by atoms with E-state index in [1.165, 1.54) is 16.3 Å². The molecule has 4 aromatic rings. The van der Waals surface area contributed by atoms with Gasteiger partial charge in [-0.25, -0.2) is 0 Å². The van der Waals surface area contributed by atoms with E-state index in [1.807, 2.05) is 30.3 Å². The van der Waals surface area contributed by atoms with Gasteiger partial charge in [0, 0.05) is 26.7 Å². The normalized spacial score (nSPS) is 10.9. The first-order chi connectivity index (χ1) is 14.1. The van der Waals surface area contributed by atoms with E-state index in [1.54, 1.807) is 0 Å². The third-order valence-electron chi connectivity index (χ3n) is 4.69. The van der Waals surface area contributed by atoms with E-state index in [0.717, 1.165) is 25.9 Å². The van der Waals surface area contributed by atoms with Gasteiger partial charge in [-0.1, -0.05) is 70.0 Å². The van der Waals surface area contributed by atoms with E-state index in [9.17, 15) is 0 Å². The smallest absolute Gasteiger partial charge is 0.124 e. The molecule has 0 heterocycles. The maximum absolute atomic E-state index is 6.22. The summed E-state index contributed by atoms with van der Waals surface area (Å²) in [4.78, 5) is 0. The van der Waals surface area contributed by atoms with Gasteiger partial charge in [-0.15, -0.1) is 0 Å². The lowest BCUT2D eigenvalue weighted by atomic mass is 10.1. The lowest BCUT2D eigenvalue weighted by molar-refractivity contribution is 0.304. The molecule has 0 unspecified atom stereocenters. The number of hydrogen-bond acceptors (Lipinski definition) is 2. The highest BCUT2D eigenvalue weighted by Crippen LogP contribution is 2.29. The van der Waals surface area contributed by atoms with Crippen LogP contribution >= 0.6 is 43.5 Å². The van der Waals surface area contributed by atoms with Crippen LogP contribution in [-0.2, 0) is 13.2 Å². The largest absolute Gasteiger partial charge is 0.489 e. The summed E-state index contributed by atoms with van der Waals surface area (Å²) in [6.07, 6.45) is 0. The summed E-state index contributed by atoms with van der Waals surface area (Å²) in [6.45, 7) is 1.14. The lowest BCUT2D eigenvalue weighted by Gasteiger charge is -2.15. The van der Waals surface area contributed by atoms with E-state index >= 15 is 0 Å². The second-order valence-electron chi connectivity index (χ2n) is 6.66. The first-order valence-electron chi connectivity index (χ1n) is 9.17. The Hall–Kier alpha value is -2.01.